The number of hydrogen-bond donors (Lipinski definition) is 1. The van der Waals surface area contributed by atoms with Gasteiger partial charge in [-0.3, -0.25) is 9.59 Å². The highest BCUT2D eigenvalue weighted by molar-refractivity contribution is 5.80. The second kappa shape index (κ2) is 6.62. The summed E-state index contributed by atoms with van der Waals surface area (Å²) in [5, 5.41) is 2.94. The van der Waals surface area contributed by atoms with Gasteiger partial charge in [-0.2, -0.15) is 0 Å². The average molecular weight is 240 g/mol. The molecule has 2 amide bonds. The maximum Gasteiger partial charge on any atom is 0.223 e. The van der Waals surface area contributed by atoms with Crippen molar-refractivity contribution in [3.63, 3.8) is 0 Å². The zero-order valence-corrected chi connectivity index (χ0v) is 11.2. The summed E-state index contributed by atoms with van der Waals surface area (Å²) in [6, 6.07) is 0.197. The fourth-order valence-corrected chi connectivity index (χ4v) is 2.17. The van der Waals surface area contributed by atoms with Gasteiger partial charge in [0.05, 0.1) is 0 Å². The van der Waals surface area contributed by atoms with Crippen molar-refractivity contribution in [2.45, 2.75) is 52.5 Å². The maximum atomic E-state index is 11.8. The monoisotopic (exact) mass is 240 g/mol. The van der Waals surface area contributed by atoms with E-state index in [-0.39, 0.29) is 23.8 Å². The molecule has 0 aliphatic carbocycles. The summed E-state index contributed by atoms with van der Waals surface area (Å²) < 4.78 is 0. The predicted octanol–water partition coefficient (Wildman–Crippen LogP) is 1.55. The van der Waals surface area contributed by atoms with Crippen LogP contribution in [0.2, 0.25) is 0 Å². The zero-order valence-electron chi connectivity index (χ0n) is 11.2. The first-order valence-electron chi connectivity index (χ1n) is 6.62. The van der Waals surface area contributed by atoms with Gasteiger partial charge >= 0.3 is 0 Å². The number of nitrogens with zero attached hydrogens (tertiary/aromatic N) is 1. The van der Waals surface area contributed by atoms with Crippen LogP contribution in [-0.2, 0) is 9.59 Å². The minimum absolute atomic E-state index is 0.0862. The largest absolute Gasteiger partial charge is 0.354 e. The van der Waals surface area contributed by atoms with Crippen LogP contribution < -0.4 is 5.32 Å². The Bertz CT molecular complexity index is 269. The Morgan fingerprint density at radius 1 is 1.29 bits per heavy atom. The molecule has 0 atom stereocenters. The van der Waals surface area contributed by atoms with Crippen molar-refractivity contribution < 1.29 is 9.59 Å². The molecule has 1 fully saturated rings. The van der Waals surface area contributed by atoms with Gasteiger partial charge in [0.15, 0.2) is 0 Å². The van der Waals surface area contributed by atoms with Crippen LogP contribution in [0.15, 0.2) is 0 Å². The van der Waals surface area contributed by atoms with Crippen molar-refractivity contribution in [3.05, 3.63) is 0 Å². The first-order chi connectivity index (χ1) is 8.04. The van der Waals surface area contributed by atoms with E-state index in [9.17, 15) is 9.59 Å². The van der Waals surface area contributed by atoms with E-state index >= 15 is 0 Å². The smallest absolute Gasteiger partial charge is 0.223 e. The molecule has 4 nitrogen and oxygen atoms in total. The van der Waals surface area contributed by atoms with E-state index in [1.807, 2.05) is 25.7 Å². The number of nitrogens with one attached hydrogen (secondary N) is 1. The third kappa shape index (κ3) is 4.36. The lowest BCUT2D eigenvalue weighted by molar-refractivity contribution is -0.135. The minimum Gasteiger partial charge on any atom is -0.354 e. The number of carbonyl (C=O) groups is 2. The fraction of sp³-hybridized carbons (Fsp3) is 0.846. The Morgan fingerprint density at radius 3 is 2.35 bits per heavy atom. The second-order valence-corrected chi connectivity index (χ2v) is 5.07. The van der Waals surface area contributed by atoms with Gasteiger partial charge < -0.3 is 10.2 Å². The molecule has 1 aliphatic rings. The summed E-state index contributed by atoms with van der Waals surface area (Å²) in [4.78, 5) is 25.4. The average Bonchev–Trinajstić information content (AvgIpc) is 2.28. The summed E-state index contributed by atoms with van der Waals surface area (Å²) in [6.07, 6.45) is 3.12. The molecule has 1 aliphatic heterocycles. The first kappa shape index (κ1) is 14.0. The van der Waals surface area contributed by atoms with Gasteiger partial charge in [-0.05, 0) is 33.1 Å². The van der Waals surface area contributed by atoms with Gasteiger partial charge in [-0.1, -0.05) is 6.92 Å². The van der Waals surface area contributed by atoms with Crippen LogP contribution in [0, 0.1) is 5.92 Å². The topological polar surface area (TPSA) is 49.4 Å². The fourth-order valence-electron chi connectivity index (χ4n) is 2.17. The Kier molecular flexibility index (Phi) is 5.45. The summed E-state index contributed by atoms with van der Waals surface area (Å²) >= 11 is 0. The van der Waals surface area contributed by atoms with Crippen molar-refractivity contribution in [3.8, 4) is 0 Å². The molecule has 0 radical (unpaired) electrons. The lowest BCUT2D eigenvalue weighted by Gasteiger charge is -2.31. The second-order valence-electron chi connectivity index (χ2n) is 5.07. The van der Waals surface area contributed by atoms with Gasteiger partial charge in [0.25, 0.3) is 0 Å². The molecule has 1 heterocycles. The van der Waals surface area contributed by atoms with Gasteiger partial charge in [-0.25, -0.2) is 0 Å². The molecule has 1 rings (SSSR count). The van der Waals surface area contributed by atoms with E-state index < -0.39 is 0 Å². The molecular weight excluding hydrogens is 216 g/mol. The number of amides is 2. The number of carbonyl (C=O) groups excluding carboxylic acids is 2. The molecule has 1 N–H and O–H groups in total. The number of rotatable bonds is 4. The van der Waals surface area contributed by atoms with Gasteiger partial charge in [0, 0.05) is 31.5 Å². The third-order valence-electron chi connectivity index (χ3n) is 3.11. The lowest BCUT2D eigenvalue weighted by atomic mass is 9.95. The molecule has 0 aromatic heterocycles. The van der Waals surface area contributed by atoms with Crippen LogP contribution in [-0.4, -0.2) is 35.8 Å². The molecule has 0 aromatic carbocycles. The molecule has 0 unspecified atom stereocenters. The van der Waals surface area contributed by atoms with Crippen molar-refractivity contribution in [2.24, 2.45) is 5.92 Å². The molecule has 0 spiro atoms. The van der Waals surface area contributed by atoms with Crippen LogP contribution in [0.5, 0.6) is 0 Å². The molecule has 0 saturated carbocycles. The van der Waals surface area contributed by atoms with Crippen molar-refractivity contribution in [1.82, 2.24) is 10.2 Å². The number of hydrogen-bond acceptors (Lipinski definition) is 2. The number of piperidine rings is 1. The third-order valence-corrected chi connectivity index (χ3v) is 3.11. The maximum absolute atomic E-state index is 11.8. The quantitative estimate of drug-likeness (QED) is 0.810. The minimum atomic E-state index is 0.0862. The molecule has 17 heavy (non-hydrogen) atoms. The van der Waals surface area contributed by atoms with Crippen LogP contribution >= 0.6 is 0 Å². The van der Waals surface area contributed by atoms with Gasteiger partial charge in [0.1, 0.15) is 0 Å². The summed E-state index contributed by atoms with van der Waals surface area (Å²) in [5.41, 5.74) is 0. The molecule has 0 bridgehead atoms. The number of likely N-dealkylation sites (tertiary alicyclic amines) is 1. The van der Waals surface area contributed by atoms with E-state index in [0.29, 0.717) is 6.42 Å². The van der Waals surface area contributed by atoms with E-state index in [2.05, 4.69) is 5.32 Å². The van der Waals surface area contributed by atoms with Gasteiger partial charge in [-0.15, -0.1) is 0 Å². The van der Waals surface area contributed by atoms with Crippen LogP contribution in [0.4, 0.5) is 0 Å². The van der Waals surface area contributed by atoms with Crippen molar-refractivity contribution >= 4 is 11.8 Å². The van der Waals surface area contributed by atoms with E-state index in [0.717, 1.165) is 32.4 Å². The molecule has 98 valence electrons. The molecule has 1 saturated heterocycles. The SMILES string of the molecule is CCCC(=O)N1CCC(C(=O)NC(C)C)CC1. The van der Waals surface area contributed by atoms with Crippen molar-refractivity contribution in [2.75, 3.05) is 13.1 Å². The first-order valence-corrected chi connectivity index (χ1v) is 6.62. The van der Waals surface area contributed by atoms with Crippen molar-refractivity contribution in [1.29, 1.82) is 0 Å². The van der Waals surface area contributed by atoms with Crippen LogP contribution in [0.3, 0.4) is 0 Å². The normalized spacial score (nSPS) is 17.3. The molecular formula is C13H24N2O2. The Morgan fingerprint density at radius 2 is 1.88 bits per heavy atom. The Balaban J connectivity index is 2.35. The summed E-state index contributed by atoms with van der Waals surface area (Å²) in [5.74, 6) is 0.459. The Labute approximate surface area is 104 Å². The van der Waals surface area contributed by atoms with E-state index in [1.54, 1.807) is 0 Å². The Hall–Kier alpha value is -1.06. The van der Waals surface area contributed by atoms with Crippen LogP contribution in [0.25, 0.3) is 0 Å². The summed E-state index contributed by atoms with van der Waals surface area (Å²) in [7, 11) is 0. The molecule has 0 aromatic rings. The highest BCUT2D eigenvalue weighted by Crippen LogP contribution is 2.18. The molecule has 4 heteroatoms. The highest BCUT2D eigenvalue weighted by atomic mass is 16.2. The van der Waals surface area contributed by atoms with Gasteiger partial charge in [0.2, 0.25) is 11.8 Å². The van der Waals surface area contributed by atoms with E-state index in [4.69, 9.17) is 0 Å². The highest BCUT2D eigenvalue weighted by Gasteiger charge is 2.26. The predicted molar refractivity (Wildman–Crippen MR) is 67.5 cm³/mol. The lowest BCUT2D eigenvalue weighted by Crippen LogP contribution is -2.44. The van der Waals surface area contributed by atoms with Crippen LogP contribution in [0.1, 0.15) is 46.5 Å². The summed E-state index contributed by atoms with van der Waals surface area (Å²) in [6.45, 7) is 7.42. The zero-order chi connectivity index (χ0) is 12.8. The standard InChI is InChI=1S/C13H24N2O2/c1-4-5-12(16)15-8-6-11(7-9-15)13(17)14-10(2)3/h10-11H,4-9H2,1-3H3,(H,14,17). The van der Waals surface area contributed by atoms with E-state index in [1.165, 1.54) is 0 Å².